The van der Waals surface area contributed by atoms with Gasteiger partial charge in [-0.15, -0.1) is 0 Å². The van der Waals surface area contributed by atoms with Gasteiger partial charge in [0.15, 0.2) is 0 Å². The van der Waals surface area contributed by atoms with Gasteiger partial charge >= 0.3 is 0 Å². The highest BCUT2D eigenvalue weighted by Gasteiger charge is 2.36. The summed E-state index contributed by atoms with van der Waals surface area (Å²) in [5, 5.41) is 3.80. The Hall–Kier alpha value is -7.36. The summed E-state index contributed by atoms with van der Waals surface area (Å²) in [5.41, 5.74) is 19.2. The van der Waals surface area contributed by atoms with Crippen molar-refractivity contribution in [1.82, 2.24) is 9.13 Å². The summed E-state index contributed by atoms with van der Waals surface area (Å²) >= 11 is 0. The Labute approximate surface area is 365 Å². The maximum atomic E-state index is 2.47. The van der Waals surface area contributed by atoms with Crippen LogP contribution in [0.1, 0.15) is 57.0 Å². The molecule has 302 valence electrons. The van der Waals surface area contributed by atoms with Gasteiger partial charge in [0.1, 0.15) is 0 Å². The van der Waals surface area contributed by atoms with E-state index in [1.165, 1.54) is 88.7 Å². The Bertz CT molecular complexity index is 3200. The molecule has 11 rings (SSSR count). The summed E-state index contributed by atoms with van der Waals surface area (Å²) in [6.45, 7) is 13.0. The average molecular weight is 802 g/mol. The molecule has 0 saturated carbocycles. The third kappa shape index (κ3) is 6.19. The van der Waals surface area contributed by atoms with Crippen LogP contribution >= 0.6 is 0 Å². The molecule has 0 spiro atoms. The Balaban J connectivity index is 0.00000226. The molecule has 10 aromatic rings. The van der Waals surface area contributed by atoms with Gasteiger partial charge in [-0.3, -0.25) is 0 Å². The van der Waals surface area contributed by atoms with E-state index >= 15 is 0 Å². The van der Waals surface area contributed by atoms with Gasteiger partial charge in [-0.05, 0) is 120 Å². The Morgan fingerprint density at radius 1 is 0.419 bits per heavy atom. The maximum Gasteiger partial charge on any atom is 0.0541 e. The summed E-state index contributed by atoms with van der Waals surface area (Å²) in [5.74, 6) is 0. The third-order valence-electron chi connectivity index (χ3n) is 12.8. The van der Waals surface area contributed by atoms with E-state index in [2.05, 4.69) is 242 Å². The number of hydrogen-bond acceptors (Lipinski definition) is 1. The average Bonchev–Trinajstić information content (AvgIpc) is 3.81. The highest BCUT2D eigenvalue weighted by atomic mass is 15.2. The number of rotatable bonds is 6. The lowest BCUT2D eigenvalue weighted by Gasteiger charge is -2.42. The molecule has 8 aromatic carbocycles. The Kier molecular flexibility index (Phi) is 9.76. The molecular formula is C59H51N3. The van der Waals surface area contributed by atoms with Crippen LogP contribution < -0.4 is 4.90 Å². The number of aromatic nitrogens is 2. The molecule has 0 saturated heterocycles. The molecule has 0 fully saturated rings. The minimum Gasteiger partial charge on any atom is -0.313 e. The van der Waals surface area contributed by atoms with Gasteiger partial charge < -0.3 is 14.0 Å². The van der Waals surface area contributed by atoms with E-state index in [4.69, 9.17) is 0 Å². The molecule has 62 heavy (non-hydrogen) atoms. The van der Waals surface area contributed by atoms with Crippen molar-refractivity contribution in [3.63, 3.8) is 0 Å². The van der Waals surface area contributed by atoms with Crippen LogP contribution in [0.5, 0.6) is 0 Å². The highest BCUT2D eigenvalue weighted by Crippen LogP contribution is 2.52. The van der Waals surface area contributed by atoms with Crippen LogP contribution in [0.3, 0.4) is 0 Å². The fourth-order valence-corrected chi connectivity index (χ4v) is 9.93. The summed E-state index contributed by atoms with van der Waals surface area (Å²) in [4.78, 5) is 2.47. The topological polar surface area (TPSA) is 13.1 Å². The van der Waals surface area contributed by atoms with Gasteiger partial charge in [-0.1, -0.05) is 155 Å². The second-order valence-corrected chi connectivity index (χ2v) is 16.6. The van der Waals surface area contributed by atoms with Crippen molar-refractivity contribution in [2.45, 2.75) is 47.0 Å². The zero-order chi connectivity index (χ0) is 42.5. The van der Waals surface area contributed by atoms with E-state index in [-0.39, 0.29) is 5.41 Å². The number of allylic oxidation sites excluding steroid dienone is 1. The molecule has 3 nitrogen and oxygen atoms in total. The van der Waals surface area contributed by atoms with Crippen molar-refractivity contribution in [2.75, 3.05) is 4.90 Å². The van der Waals surface area contributed by atoms with Gasteiger partial charge in [0, 0.05) is 49.9 Å². The van der Waals surface area contributed by atoms with Crippen molar-refractivity contribution < 1.29 is 0 Å². The van der Waals surface area contributed by atoms with Gasteiger partial charge in [-0.2, -0.15) is 0 Å². The van der Waals surface area contributed by atoms with Crippen LogP contribution in [0.25, 0.3) is 72.4 Å². The molecule has 0 radical (unpaired) electrons. The van der Waals surface area contributed by atoms with Crippen molar-refractivity contribution in [1.29, 1.82) is 0 Å². The largest absolute Gasteiger partial charge is 0.313 e. The van der Waals surface area contributed by atoms with Gasteiger partial charge in [0.25, 0.3) is 0 Å². The van der Waals surface area contributed by atoms with Crippen molar-refractivity contribution in [3.05, 3.63) is 217 Å². The fraction of sp³-hybridized carbons (Fsp3) is 0.119. The molecule has 0 amide bonds. The lowest BCUT2D eigenvalue weighted by Crippen LogP contribution is -2.30. The highest BCUT2D eigenvalue weighted by molar-refractivity contribution is 6.09. The van der Waals surface area contributed by atoms with Crippen molar-refractivity contribution in [2.24, 2.45) is 0 Å². The van der Waals surface area contributed by atoms with E-state index in [1.54, 1.807) is 0 Å². The van der Waals surface area contributed by atoms with E-state index < -0.39 is 0 Å². The number of hydrogen-bond donors (Lipinski definition) is 0. The lowest BCUT2D eigenvalue weighted by atomic mass is 9.73. The van der Waals surface area contributed by atoms with Crippen LogP contribution in [0.15, 0.2) is 194 Å². The summed E-state index contributed by atoms with van der Waals surface area (Å²) < 4.78 is 4.77. The van der Waals surface area contributed by atoms with Gasteiger partial charge in [0.05, 0.1) is 27.9 Å². The predicted octanol–water partition coefficient (Wildman–Crippen LogP) is 16.5. The number of benzene rings is 8. The van der Waals surface area contributed by atoms with Crippen LogP contribution in [0.4, 0.5) is 17.1 Å². The molecule has 0 unspecified atom stereocenters. The SMILES string of the molecule is C/C=C\c1c(C)n(-c2ccc(-c3cc(-c4ccc(-n5c6ccccc6c6ccccc65)cc4)cc(N4c5ccccc5C(C)(C)c5ccccc54)c3)cc2)c2ccccc12.CC. The molecule has 1 aliphatic heterocycles. The van der Waals surface area contributed by atoms with E-state index in [0.717, 1.165) is 17.1 Å². The lowest BCUT2D eigenvalue weighted by molar-refractivity contribution is 0.632. The molecule has 3 heteroatoms. The van der Waals surface area contributed by atoms with Crippen LogP contribution in [-0.2, 0) is 5.41 Å². The molecule has 0 bridgehead atoms. The zero-order valence-electron chi connectivity index (χ0n) is 36.4. The molecule has 3 heterocycles. The third-order valence-corrected chi connectivity index (χ3v) is 12.8. The normalized spacial score (nSPS) is 13.0. The predicted molar refractivity (Wildman–Crippen MR) is 266 cm³/mol. The first-order valence-corrected chi connectivity index (χ1v) is 22.0. The minimum atomic E-state index is -0.143. The summed E-state index contributed by atoms with van der Waals surface area (Å²) in [6, 6.07) is 69.3. The molecule has 1 aliphatic rings. The summed E-state index contributed by atoms with van der Waals surface area (Å²) in [6.07, 6.45) is 4.36. The van der Waals surface area contributed by atoms with Crippen LogP contribution in [0.2, 0.25) is 0 Å². The second kappa shape index (κ2) is 15.6. The van der Waals surface area contributed by atoms with E-state index in [9.17, 15) is 0 Å². The minimum absolute atomic E-state index is 0.143. The second-order valence-electron chi connectivity index (χ2n) is 16.6. The van der Waals surface area contributed by atoms with E-state index in [1.807, 2.05) is 13.8 Å². The number of fused-ring (bicyclic) bond motifs is 6. The molecule has 0 N–H and O–H groups in total. The van der Waals surface area contributed by atoms with Crippen molar-refractivity contribution in [3.8, 4) is 33.6 Å². The molecule has 0 aliphatic carbocycles. The summed E-state index contributed by atoms with van der Waals surface area (Å²) in [7, 11) is 0. The van der Waals surface area contributed by atoms with E-state index in [0.29, 0.717) is 0 Å². The zero-order valence-corrected chi connectivity index (χ0v) is 36.4. The Morgan fingerprint density at radius 2 is 0.839 bits per heavy atom. The maximum absolute atomic E-state index is 2.47. The monoisotopic (exact) mass is 801 g/mol. The van der Waals surface area contributed by atoms with Crippen LogP contribution in [-0.4, -0.2) is 9.13 Å². The first-order valence-electron chi connectivity index (χ1n) is 22.0. The fourth-order valence-electron chi connectivity index (χ4n) is 9.93. The first-order chi connectivity index (χ1) is 30.4. The quantitative estimate of drug-likeness (QED) is 0.163. The van der Waals surface area contributed by atoms with Crippen LogP contribution in [0, 0.1) is 6.92 Å². The number of nitrogens with zero attached hydrogens (tertiary/aromatic N) is 3. The van der Waals surface area contributed by atoms with Gasteiger partial charge in [-0.25, -0.2) is 0 Å². The number of para-hydroxylation sites is 5. The smallest absolute Gasteiger partial charge is 0.0541 e. The van der Waals surface area contributed by atoms with Gasteiger partial charge in [0.2, 0.25) is 0 Å². The first kappa shape index (κ1) is 38.8. The molecular weight excluding hydrogens is 751 g/mol. The molecule has 0 atom stereocenters. The number of anilines is 3. The van der Waals surface area contributed by atoms with Crippen molar-refractivity contribution >= 4 is 55.8 Å². The Morgan fingerprint density at radius 3 is 1.34 bits per heavy atom. The molecule has 2 aromatic heterocycles. The standard InChI is InChI=1S/C57H45N3.C2H6/c1-5-16-46-38(2)58(52-22-11-6-17-47(46)52)43-31-27-39(28-32-43)41-35-42(37-45(36-41)60-55-25-14-9-20-50(55)57(3,4)51-21-10-15-26-56(51)60)40-29-33-44(34-30-40)59-53-23-12-7-18-48(53)49-19-8-13-24-54(49)59;1-2/h5-37H,1-4H3;1-2H3/b16-5-;.